The summed E-state index contributed by atoms with van der Waals surface area (Å²) in [5, 5.41) is 14.0. The second kappa shape index (κ2) is 17.8. The number of nitrogens with zero attached hydrogens (tertiary/aromatic N) is 6. The summed E-state index contributed by atoms with van der Waals surface area (Å²) in [6.07, 6.45) is 2.11. The summed E-state index contributed by atoms with van der Waals surface area (Å²) in [6, 6.07) is 18.3. The van der Waals surface area contributed by atoms with E-state index in [-0.39, 0.29) is 30.3 Å². The van der Waals surface area contributed by atoms with Gasteiger partial charge in [-0.1, -0.05) is 24.3 Å². The fourth-order valence-corrected chi connectivity index (χ4v) is 8.15. The number of aromatic amines is 1. The Morgan fingerprint density at radius 1 is 0.877 bits per heavy atom. The van der Waals surface area contributed by atoms with Crippen LogP contribution in [0.3, 0.4) is 0 Å². The number of hydrogen-bond acceptors (Lipinski definition) is 10. The van der Waals surface area contributed by atoms with Crippen LogP contribution in [0.15, 0.2) is 59.4 Å². The van der Waals surface area contributed by atoms with E-state index >= 15 is 0 Å². The van der Waals surface area contributed by atoms with Gasteiger partial charge in [0.1, 0.15) is 0 Å². The lowest BCUT2D eigenvalue weighted by Crippen LogP contribution is -2.50. The summed E-state index contributed by atoms with van der Waals surface area (Å²) >= 11 is 0. The SMILES string of the molecule is CCN(c1cc(-c2ccc(CN3CCN(Cc4ccc(N5CCC(=O)NC5=O)nn4)CC3)cc2)cc(C(=O)NCc2c(C)cc(C)[nH]c2=O)c1C)C1CCOCC1. The molecule has 0 spiro atoms. The number of amides is 4. The number of benzene rings is 2. The molecule has 3 saturated heterocycles. The molecule has 3 N–H and O–H groups in total. The molecule has 0 atom stereocenters. The number of carbonyl (C=O) groups is 3. The highest BCUT2D eigenvalue weighted by atomic mass is 16.5. The van der Waals surface area contributed by atoms with Crippen molar-refractivity contribution < 1.29 is 19.1 Å². The monoisotopic (exact) mass is 775 g/mol. The van der Waals surface area contributed by atoms with Crippen molar-refractivity contribution in [2.75, 3.05) is 62.3 Å². The molecule has 5 heterocycles. The van der Waals surface area contributed by atoms with E-state index in [1.54, 1.807) is 6.07 Å². The number of hydrogen-bond donors (Lipinski definition) is 3. The van der Waals surface area contributed by atoms with E-state index in [0.717, 1.165) is 105 Å². The van der Waals surface area contributed by atoms with E-state index in [0.29, 0.717) is 36.1 Å². The smallest absolute Gasteiger partial charge is 0.329 e. The van der Waals surface area contributed by atoms with E-state index in [2.05, 4.69) is 77.8 Å². The molecule has 0 saturated carbocycles. The number of aromatic nitrogens is 3. The van der Waals surface area contributed by atoms with Crippen molar-refractivity contribution in [3.8, 4) is 11.1 Å². The van der Waals surface area contributed by atoms with Crippen LogP contribution in [0.2, 0.25) is 0 Å². The fourth-order valence-electron chi connectivity index (χ4n) is 8.15. The normalized spacial score (nSPS) is 17.1. The van der Waals surface area contributed by atoms with Gasteiger partial charge in [0.05, 0.1) is 5.69 Å². The van der Waals surface area contributed by atoms with Gasteiger partial charge in [-0.15, -0.1) is 5.10 Å². The number of H-pyrrole nitrogens is 1. The zero-order chi connectivity index (χ0) is 40.1. The molecule has 3 fully saturated rings. The number of carbonyl (C=O) groups excluding carboxylic acids is 3. The number of rotatable bonds is 12. The summed E-state index contributed by atoms with van der Waals surface area (Å²) in [5.41, 5.74) is 8.66. The van der Waals surface area contributed by atoms with Crippen molar-refractivity contribution in [2.24, 2.45) is 0 Å². The van der Waals surface area contributed by atoms with Crippen LogP contribution in [0.25, 0.3) is 11.1 Å². The fraction of sp³-hybridized carbons (Fsp3) is 0.442. The van der Waals surface area contributed by atoms with Gasteiger partial charge in [-0.2, -0.15) is 5.10 Å². The first-order valence-corrected chi connectivity index (χ1v) is 20.0. The topological polar surface area (TPSA) is 156 Å². The highest BCUT2D eigenvalue weighted by molar-refractivity contribution is 6.05. The van der Waals surface area contributed by atoms with Crippen molar-refractivity contribution in [1.29, 1.82) is 0 Å². The Balaban J connectivity index is 1.01. The van der Waals surface area contributed by atoms with Crippen LogP contribution in [0.4, 0.5) is 16.3 Å². The van der Waals surface area contributed by atoms with Crippen LogP contribution < -0.4 is 26.0 Å². The van der Waals surface area contributed by atoms with Crippen molar-refractivity contribution in [3.05, 3.63) is 104 Å². The quantitative estimate of drug-likeness (QED) is 0.188. The molecule has 0 aliphatic carbocycles. The molecule has 0 unspecified atom stereocenters. The van der Waals surface area contributed by atoms with E-state index in [1.807, 2.05) is 39.0 Å². The van der Waals surface area contributed by atoms with Crippen LogP contribution in [0.1, 0.15) is 70.2 Å². The third-order valence-electron chi connectivity index (χ3n) is 11.4. The van der Waals surface area contributed by atoms with Crippen LogP contribution in [-0.4, -0.2) is 101 Å². The van der Waals surface area contributed by atoms with Crippen LogP contribution in [0.5, 0.6) is 0 Å². The van der Waals surface area contributed by atoms with Gasteiger partial charge >= 0.3 is 6.03 Å². The van der Waals surface area contributed by atoms with Crippen LogP contribution >= 0.6 is 0 Å². The molecule has 3 aliphatic rings. The number of aryl methyl sites for hydroxylation is 2. The maximum atomic E-state index is 13.9. The van der Waals surface area contributed by atoms with E-state index in [1.165, 1.54) is 10.5 Å². The standard InChI is InChI=1S/C43H53N9O5/c1-5-51(35-13-20-57-21-14-35)38-24-33(23-36(30(38)4)41(54)44-25-37-28(2)22-29(3)45-42(37)55)32-8-6-31(7-9-32)26-49-16-18-50(19-17-49)27-34-10-11-39(48-47-34)52-15-12-40(53)46-43(52)56/h6-11,22-24,35H,5,12-21,25-27H2,1-4H3,(H,44,54)(H,45,55)(H,46,53,56). The average Bonchev–Trinajstić information content (AvgIpc) is 3.20. The maximum Gasteiger partial charge on any atom is 0.329 e. The Labute approximate surface area is 333 Å². The minimum Gasteiger partial charge on any atom is -0.381 e. The van der Waals surface area contributed by atoms with Gasteiger partial charge in [-0.05, 0) is 98.7 Å². The lowest BCUT2D eigenvalue weighted by molar-refractivity contribution is -0.120. The first kappa shape index (κ1) is 39.8. The second-order valence-electron chi connectivity index (χ2n) is 15.3. The summed E-state index contributed by atoms with van der Waals surface area (Å²) in [4.78, 5) is 61.8. The second-order valence-corrected chi connectivity index (χ2v) is 15.3. The van der Waals surface area contributed by atoms with E-state index < -0.39 is 6.03 Å². The Hall–Kier alpha value is -5.44. The molecular weight excluding hydrogens is 723 g/mol. The predicted molar refractivity (Wildman–Crippen MR) is 219 cm³/mol. The van der Waals surface area contributed by atoms with Gasteiger partial charge in [0.2, 0.25) is 5.91 Å². The molecule has 0 bridgehead atoms. The highest BCUT2D eigenvalue weighted by Crippen LogP contribution is 2.34. The summed E-state index contributed by atoms with van der Waals surface area (Å²) in [5.74, 6) is -0.0435. The van der Waals surface area contributed by atoms with E-state index in [9.17, 15) is 19.2 Å². The molecular formula is C43H53N9O5. The number of urea groups is 1. The average molecular weight is 776 g/mol. The molecule has 0 radical (unpaired) electrons. The lowest BCUT2D eigenvalue weighted by atomic mass is 9.94. The number of pyridine rings is 1. The Morgan fingerprint density at radius 2 is 1.60 bits per heavy atom. The molecule has 4 amide bonds. The molecule has 57 heavy (non-hydrogen) atoms. The van der Waals surface area contributed by atoms with Crippen molar-refractivity contribution in [3.63, 3.8) is 0 Å². The predicted octanol–water partition coefficient (Wildman–Crippen LogP) is 4.46. The van der Waals surface area contributed by atoms with Gasteiger partial charge in [0.15, 0.2) is 5.82 Å². The van der Waals surface area contributed by atoms with Crippen molar-refractivity contribution in [2.45, 2.75) is 72.6 Å². The maximum absolute atomic E-state index is 13.9. The third kappa shape index (κ3) is 9.41. The molecule has 3 aliphatic heterocycles. The van der Waals surface area contributed by atoms with Gasteiger partial charge in [0, 0.05) is 107 Å². The Kier molecular flexibility index (Phi) is 12.4. The molecule has 2 aromatic heterocycles. The zero-order valence-electron chi connectivity index (χ0n) is 33.4. The van der Waals surface area contributed by atoms with E-state index in [4.69, 9.17) is 4.74 Å². The summed E-state index contributed by atoms with van der Waals surface area (Å²) in [7, 11) is 0. The minimum atomic E-state index is -0.466. The number of anilines is 2. The molecule has 14 heteroatoms. The summed E-state index contributed by atoms with van der Waals surface area (Å²) < 4.78 is 5.69. The summed E-state index contributed by atoms with van der Waals surface area (Å²) in [6.45, 7) is 15.8. The van der Waals surface area contributed by atoms with Crippen LogP contribution in [0, 0.1) is 20.8 Å². The lowest BCUT2D eigenvalue weighted by Gasteiger charge is -2.37. The number of imide groups is 1. The number of piperazine rings is 1. The zero-order valence-corrected chi connectivity index (χ0v) is 33.4. The molecule has 14 nitrogen and oxygen atoms in total. The van der Waals surface area contributed by atoms with Gasteiger partial charge < -0.3 is 19.9 Å². The third-order valence-corrected chi connectivity index (χ3v) is 11.4. The molecule has 7 rings (SSSR count). The van der Waals surface area contributed by atoms with Gasteiger partial charge in [-0.25, -0.2) is 4.79 Å². The molecule has 4 aromatic rings. The Bertz CT molecular complexity index is 2140. The number of nitrogens with one attached hydrogen (secondary N) is 3. The minimum absolute atomic E-state index is 0.145. The molecule has 2 aromatic carbocycles. The van der Waals surface area contributed by atoms with Gasteiger partial charge in [-0.3, -0.25) is 34.4 Å². The first-order chi connectivity index (χ1) is 27.6. The van der Waals surface area contributed by atoms with Crippen LogP contribution in [-0.2, 0) is 29.2 Å². The largest absolute Gasteiger partial charge is 0.381 e. The van der Waals surface area contributed by atoms with Gasteiger partial charge in [0.25, 0.3) is 11.5 Å². The Morgan fingerprint density at radius 3 is 2.25 bits per heavy atom. The highest BCUT2D eigenvalue weighted by Gasteiger charge is 2.27. The number of ether oxygens (including phenoxy) is 1. The van der Waals surface area contributed by atoms with Crippen molar-refractivity contribution in [1.82, 2.24) is 35.6 Å². The first-order valence-electron chi connectivity index (χ1n) is 20.0. The molecule has 300 valence electrons. The van der Waals surface area contributed by atoms with Crippen molar-refractivity contribution >= 4 is 29.4 Å².